The van der Waals surface area contributed by atoms with E-state index in [1.807, 2.05) is 36.4 Å². The highest BCUT2D eigenvalue weighted by molar-refractivity contribution is 14.1. The van der Waals surface area contributed by atoms with Crippen molar-refractivity contribution in [3.8, 4) is 11.3 Å². The minimum atomic E-state index is -0.794. The van der Waals surface area contributed by atoms with E-state index in [-0.39, 0.29) is 10.6 Å². The molecule has 0 saturated carbocycles. The quantitative estimate of drug-likeness (QED) is 0.333. The molecule has 0 radical (unpaired) electrons. The van der Waals surface area contributed by atoms with Crippen LogP contribution in [-0.2, 0) is 0 Å². The standard InChI is InChI=1S/C19H11ClF2IN/c1-11(12-5-3-2-4-6-12)18-7-13(23)8-19(24-18)14-9-15(20)17(22)10-16(14)21/h2-10H,1H2. The Morgan fingerprint density at radius 1 is 1.00 bits per heavy atom. The van der Waals surface area contributed by atoms with Gasteiger partial charge in [0.2, 0.25) is 0 Å². The molecule has 0 unspecified atom stereocenters. The first-order valence-electron chi connectivity index (χ1n) is 7.03. The van der Waals surface area contributed by atoms with Crippen molar-refractivity contribution < 1.29 is 8.78 Å². The van der Waals surface area contributed by atoms with E-state index < -0.39 is 11.6 Å². The van der Waals surface area contributed by atoms with Crippen molar-refractivity contribution in [1.29, 1.82) is 0 Å². The van der Waals surface area contributed by atoms with Crippen LogP contribution >= 0.6 is 34.2 Å². The third-order valence-corrected chi connectivity index (χ3v) is 4.42. The summed E-state index contributed by atoms with van der Waals surface area (Å²) in [6, 6.07) is 15.2. The summed E-state index contributed by atoms with van der Waals surface area (Å²) in [7, 11) is 0. The van der Waals surface area contributed by atoms with Crippen LogP contribution in [0.2, 0.25) is 5.02 Å². The summed E-state index contributed by atoms with van der Waals surface area (Å²) in [6.45, 7) is 4.08. The first-order valence-corrected chi connectivity index (χ1v) is 8.48. The van der Waals surface area contributed by atoms with Crippen molar-refractivity contribution in [2.24, 2.45) is 0 Å². The molecule has 1 nitrogen and oxygen atoms in total. The van der Waals surface area contributed by atoms with Gasteiger partial charge >= 0.3 is 0 Å². The highest BCUT2D eigenvalue weighted by Crippen LogP contribution is 2.30. The monoisotopic (exact) mass is 453 g/mol. The van der Waals surface area contributed by atoms with Crippen molar-refractivity contribution >= 4 is 39.8 Å². The predicted molar refractivity (Wildman–Crippen MR) is 102 cm³/mol. The molecule has 5 heteroatoms. The van der Waals surface area contributed by atoms with Gasteiger partial charge in [-0.3, -0.25) is 0 Å². The van der Waals surface area contributed by atoms with E-state index >= 15 is 0 Å². The summed E-state index contributed by atoms with van der Waals surface area (Å²) >= 11 is 7.91. The lowest BCUT2D eigenvalue weighted by atomic mass is 10.0. The molecule has 1 aromatic heterocycles. The molecule has 0 N–H and O–H groups in total. The number of aromatic nitrogens is 1. The van der Waals surface area contributed by atoms with Crippen LogP contribution in [0.5, 0.6) is 0 Å². The number of pyridine rings is 1. The van der Waals surface area contributed by atoms with Crippen molar-refractivity contribution in [1.82, 2.24) is 4.98 Å². The van der Waals surface area contributed by atoms with E-state index in [1.165, 1.54) is 6.07 Å². The van der Waals surface area contributed by atoms with Crippen LogP contribution in [-0.4, -0.2) is 4.98 Å². The third kappa shape index (κ3) is 3.49. The van der Waals surface area contributed by atoms with Gasteiger partial charge in [0.15, 0.2) is 0 Å². The van der Waals surface area contributed by atoms with Crippen molar-refractivity contribution in [2.45, 2.75) is 0 Å². The summed E-state index contributed by atoms with van der Waals surface area (Å²) in [5.74, 6) is -1.50. The fourth-order valence-corrected chi connectivity index (χ4v) is 3.05. The molecule has 0 aliphatic carbocycles. The van der Waals surface area contributed by atoms with E-state index in [0.29, 0.717) is 11.4 Å². The molecule has 0 aliphatic rings. The lowest BCUT2D eigenvalue weighted by Crippen LogP contribution is -1.97. The molecule has 1 heterocycles. The first-order chi connectivity index (χ1) is 11.5. The Morgan fingerprint density at radius 2 is 1.71 bits per heavy atom. The molecular weight excluding hydrogens is 443 g/mol. The van der Waals surface area contributed by atoms with Gasteiger partial charge in [-0.15, -0.1) is 0 Å². The molecule has 0 atom stereocenters. The minimum absolute atomic E-state index is 0.143. The zero-order valence-electron chi connectivity index (χ0n) is 12.4. The van der Waals surface area contributed by atoms with Gasteiger partial charge in [0.1, 0.15) is 11.6 Å². The lowest BCUT2D eigenvalue weighted by Gasteiger charge is -2.10. The molecule has 0 saturated heterocycles. The number of halogens is 4. The van der Waals surface area contributed by atoms with E-state index in [0.717, 1.165) is 20.8 Å². The summed E-state index contributed by atoms with van der Waals surface area (Å²) < 4.78 is 28.4. The van der Waals surface area contributed by atoms with Crippen LogP contribution < -0.4 is 0 Å². The summed E-state index contributed by atoms with van der Waals surface area (Å²) in [6.07, 6.45) is 0. The van der Waals surface area contributed by atoms with Crippen LogP contribution in [0.4, 0.5) is 8.78 Å². The van der Waals surface area contributed by atoms with E-state index in [2.05, 4.69) is 34.2 Å². The fourth-order valence-electron chi connectivity index (χ4n) is 2.30. The van der Waals surface area contributed by atoms with Crippen LogP contribution in [0.25, 0.3) is 16.8 Å². The van der Waals surface area contributed by atoms with Gasteiger partial charge in [0, 0.05) is 20.8 Å². The second-order valence-electron chi connectivity index (χ2n) is 5.15. The number of rotatable bonds is 3. The maximum absolute atomic E-state index is 14.1. The summed E-state index contributed by atoms with van der Waals surface area (Å²) in [5, 5.41) is -0.143. The number of nitrogens with zero attached hydrogens (tertiary/aromatic N) is 1. The SMILES string of the molecule is C=C(c1ccccc1)c1cc(I)cc(-c2cc(Cl)c(F)cc2F)n1. The largest absolute Gasteiger partial charge is 0.248 e. The van der Waals surface area contributed by atoms with Gasteiger partial charge in [0.25, 0.3) is 0 Å². The van der Waals surface area contributed by atoms with Crippen LogP contribution in [0.15, 0.2) is 61.2 Å². The Bertz CT molecular complexity index is 926. The molecule has 0 aliphatic heterocycles. The lowest BCUT2D eigenvalue weighted by molar-refractivity contribution is 0.585. The molecule has 2 aromatic carbocycles. The normalized spacial score (nSPS) is 10.7. The zero-order chi connectivity index (χ0) is 17.3. The molecule has 0 spiro atoms. The average molecular weight is 454 g/mol. The maximum Gasteiger partial charge on any atom is 0.144 e. The Kier molecular flexibility index (Phi) is 4.96. The molecule has 0 fully saturated rings. The molecule has 24 heavy (non-hydrogen) atoms. The van der Waals surface area contributed by atoms with Gasteiger partial charge in [0.05, 0.1) is 16.4 Å². The highest BCUT2D eigenvalue weighted by atomic mass is 127. The highest BCUT2D eigenvalue weighted by Gasteiger charge is 2.14. The molecule has 0 amide bonds. The zero-order valence-corrected chi connectivity index (χ0v) is 15.3. The molecular formula is C19H11ClF2IN. The molecule has 3 aromatic rings. The van der Waals surface area contributed by atoms with Crippen molar-refractivity contribution in [3.05, 3.63) is 92.7 Å². The van der Waals surface area contributed by atoms with E-state index in [4.69, 9.17) is 11.6 Å². The van der Waals surface area contributed by atoms with Crippen LogP contribution in [0.1, 0.15) is 11.3 Å². The van der Waals surface area contributed by atoms with E-state index in [9.17, 15) is 8.78 Å². The predicted octanol–water partition coefficient (Wildman–Crippen LogP) is 6.35. The smallest absolute Gasteiger partial charge is 0.144 e. The Balaban J connectivity index is 2.11. The fraction of sp³-hybridized carbons (Fsp3) is 0. The molecule has 3 rings (SSSR count). The number of hydrogen-bond donors (Lipinski definition) is 0. The second kappa shape index (κ2) is 6.99. The molecule has 120 valence electrons. The Hall–Kier alpha value is -1.79. The third-order valence-electron chi connectivity index (χ3n) is 3.51. The Labute approximate surface area is 157 Å². The van der Waals surface area contributed by atoms with Crippen LogP contribution in [0.3, 0.4) is 0 Å². The van der Waals surface area contributed by atoms with Gasteiger partial charge in [-0.25, -0.2) is 13.8 Å². The first kappa shape index (κ1) is 17.0. The summed E-state index contributed by atoms with van der Waals surface area (Å²) in [4.78, 5) is 4.49. The van der Waals surface area contributed by atoms with Gasteiger partial charge < -0.3 is 0 Å². The maximum atomic E-state index is 14.1. The van der Waals surface area contributed by atoms with Gasteiger partial charge in [-0.05, 0) is 46.4 Å². The van der Waals surface area contributed by atoms with Gasteiger partial charge in [-0.1, -0.05) is 48.5 Å². The van der Waals surface area contributed by atoms with E-state index in [1.54, 1.807) is 6.07 Å². The van der Waals surface area contributed by atoms with Crippen molar-refractivity contribution in [3.63, 3.8) is 0 Å². The van der Waals surface area contributed by atoms with Crippen LogP contribution in [0, 0.1) is 15.2 Å². The second-order valence-corrected chi connectivity index (χ2v) is 6.80. The minimum Gasteiger partial charge on any atom is -0.248 e. The van der Waals surface area contributed by atoms with Gasteiger partial charge in [-0.2, -0.15) is 0 Å². The average Bonchev–Trinajstić information content (AvgIpc) is 2.57. The molecule has 0 bridgehead atoms. The number of hydrogen-bond acceptors (Lipinski definition) is 1. The number of benzene rings is 2. The Morgan fingerprint density at radius 3 is 2.42 bits per heavy atom. The van der Waals surface area contributed by atoms with Crippen molar-refractivity contribution in [2.75, 3.05) is 0 Å². The summed E-state index contributed by atoms with van der Waals surface area (Å²) in [5.41, 5.74) is 2.82. The topological polar surface area (TPSA) is 12.9 Å².